The van der Waals surface area contributed by atoms with Crippen LogP contribution in [-0.4, -0.2) is 59.7 Å². The van der Waals surface area contributed by atoms with Crippen LogP contribution in [0.5, 0.6) is 0 Å². The van der Waals surface area contributed by atoms with E-state index in [4.69, 9.17) is 16.3 Å². The van der Waals surface area contributed by atoms with E-state index in [9.17, 15) is 4.79 Å². The summed E-state index contributed by atoms with van der Waals surface area (Å²) in [5.74, 6) is 0.0575. The topological polar surface area (TPSA) is 45.7 Å². The van der Waals surface area contributed by atoms with Gasteiger partial charge in [0.05, 0.1) is 18.3 Å². The van der Waals surface area contributed by atoms with Crippen molar-refractivity contribution < 1.29 is 9.53 Å². The minimum atomic E-state index is -0.0820. The number of carbonyl (C=O) groups is 1. The number of carbonyl (C=O) groups excluding carboxylic acids is 1. The van der Waals surface area contributed by atoms with Gasteiger partial charge < -0.3 is 9.64 Å². The minimum absolute atomic E-state index is 0.0575. The third kappa shape index (κ3) is 6.39. The summed E-state index contributed by atoms with van der Waals surface area (Å²) in [7, 11) is 0. The predicted octanol–water partition coefficient (Wildman–Crippen LogP) is 5.48. The van der Waals surface area contributed by atoms with E-state index in [1.165, 1.54) is 17.3 Å². The number of aryl methyl sites for hydroxylation is 1. The second-order valence-electron chi connectivity index (χ2n) is 8.49. The number of nitrogens with zero attached hydrogens (tertiary/aromatic N) is 3. The van der Waals surface area contributed by atoms with Gasteiger partial charge in [-0.3, -0.25) is 9.69 Å². The molecule has 0 aliphatic carbocycles. The van der Waals surface area contributed by atoms with Gasteiger partial charge in [-0.15, -0.1) is 11.8 Å². The van der Waals surface area contributed by atoms with E-state index < -0.39 is 0 Å². The van der Waals surface area contributed by atoms with E-state index in [1.807, 2.05) is 47.6 Å². The van der Waals surface area contributed by atoms with Gasteiger partial charge in [0.2, 0.25) is 0 Å². The molecule has 1 amide bonds. The molecule has 0 spiro atoms. The van der Waals surface area contributed by atoms with Crippen molar-refractivity contribution in [2.45, 2.75) is 24.7 Å². The average Bonchev–Trinajstić information content (AvgIpc) is 2.87. The predicted molar refractivity (Wildman–Crippen MR) is 139 cm³/mol. The van der Waals surface area contributed by atoms with Gasteiger partial charge in [0.25, 0.3) is 5.91 Å². The van der Waals surface area contributed by atoms with Crippen LogP contribution in [0.15, 0.2) is 71.9 Å². The molecule has 1 aromatic heterocycles. The molecule has 4 rings (SSSR count). The maximum Gasteiger partial charge on any atom is 0.256 e. The third-order valence-electron chi connectivity index (χ3n) is 6.05. The molecule has 34 heavy (non-hydrogen) atoms. The molecule has 2 aromatic carbocycles. The maximum absolute atomic E-state index is 13.1. The van der Waals surface area contributed by atoms with Crippen molar-refractivity contribution in [1.29, 1.82) is 0 Å². The van der Waals surface area contributed by atoms with E-state index in [1.54, 1.807) is 6.20 Å². The molecule has 1 fully saturated rings. The van der Waals surface area contributed by atoms with Gasteiger partial charge >= 0.3 is 0 Å². The number of aromatic nitrogens is 1. The molecule has 5 nitrogen and oxygen atoms in total. The highest BCUT2D eigenvalue weighted by molar-refractivity contribution is 7.98. The van der Waals surface area contributed by atoms with Gasteiger partial charge in [0, 0.05) is 43.9 Å². The molecular formula is C27H30ClN3O2S. The Kier molecular flexibility index (Phi) is 8.62. The Bertz CT molecular complexity index is 1100. The molecule has 0 saturated carbocycles. The molecule has 1 aliphatic rings. The molecule has 1 aliphatic heterocycles. The highest BCUT2D eigenvalue weighted by atomic mass is 35.5. The Morgan fingerprint density at radius 1 is 1.09 bits per heavy atom. The Morgan fingerprint density at radius 2 is 1.85 bits per heavy atom. The Hall–Kier alpha value is -2.38. The SMILES string of the molecule is CSc1ncccc1C(=O)N1CCN(C[C@H](OCc2cccc(C)c2)c2ccc(Cl)cc2)CC1. The van der Waals surface area contributed by atoms with Crippen LogP contribution in [0.2, 0.25) is 5.02 Å². The van der Waals surface area contributed by atoms with Crippen molar-refractivity contribution in [1.82, 2.24) is 14.8 Å². The van der Waals surface area contributed by atoms with Crippen LogP contribution in [0.4, 0.5) is 0 Å². The van der Waals surface area contributed by atoms with E-state index in [-0.39, 0.29) is 12.0 Å². The summed E-state index contributed by atoms with van der Waals surface area (Å²) in [6, 6.07) is 20.0. The molecular weight excluding hydrogens is 466 g/mol. The number of benzene rings is 2. The number of halogens is 1. The van der Waals surface area contributed by atoms with Crippen molar-refractivity contribution in [3.63, 3.8) is 0 Å². The fourth-order valence-corrected chi connectivity index (χ4v) is 4.85. The molecule has 7 heteroatoms. The molecule has 3 aromatic rings. The quantitative estimate of drug-likeness (QED) is 0.387. The number of amides is 1. The smallest absolute Gasteiger partial charge is 0.256 e. The van der Waals surface area contributed by atoms with Crippen LogP contribution in [0, 0.1) is 6.92 Å². The number of pyridine rings is 1. The molecule has 0 N–H and O–H groups in total. The van der Waals surface area contributed by atoms with Gasteiger partial charge in [0.1, 0.15) is 5.03 Å². The van der Waals surface area contributed by atoms with Gasteiger partial charge in [0.15, 0.2) is 0 Å². The first-order valence-corrected chi connectivity index (χ1v) is 13.1. The van der Waals surface area contributed by atoms with Crippen molar-refractivity contribution in [2.24, 2.45) is 0 Å². The Morgan fingerprint density at radius 3 is 2.56 bits per heavy atom. The highest BCUT2D eigenvalue weighted by Gasteiger charge is 2.26. The first-order chi connectivity index (χ1) is 16.5. The lowest BCUT2D eigenvalue weighted by Gasteiger charge is -2.36. The zero-order valence-electron chi connectivity index (χ0n) is 19.6. The van der Waals surface area contributed by atoms with Crippen LogP contribution in [-0.2, 0) is 11.3 Å². The summed E-state index contributed by atoms with van der Waals surface area (Å²) in [6.07, 6.45) is 3.60. The number of rotatable bonds is 8. The standard InChI is InChI=1S/C27H30ClN3O2S/c1-20-5-3-6-21(17-20)19-33-25(22-8-10-23(28)11-9-22)18-30-13-15-31(16-14-30)27(32)24-7-4-12-29-26(24)34-2/h3-12,17,25H,13-16,18-19H2,1-2H3/t25-/m0/s1. The van der Waals surface area contributed by atoms with E-state index in [2.05, 4.69) is 41.1 Å². The van der Waals surface area contributed by atoms with Crippen LogP contribution < -0.4 is 0 Å². The van der Waals surface area contributed by atoms with Crippen LogP contribution in [0.1, 0.15) is 33.2 Å². The molecule has 0 bridgehead atoms. The van der Waals surface area contributed by atoms with Crippen molar-refractivity contribution >= 4 is 29.3 Å². The largest absolute Gasteiger partial charge is 0.368 e. The lowest BCUT2D eigenvalue weighted by molar-refractivity contribution is 0.00337. The van der Waals surface area contributed by atoms with Crippen LogP contribution in [0.25, 0.3) is 0 Å². The summed E-state index contributed by atoms with van der Waals surface area (Å²) in [6.45, 7) is 6.38. The molecule has 178 valence electrons. The third-order valence-corrected chi connectivity index (χ3v) is 7.02. The zero-order chi connectivity index (χ0) is 23.9. The van der Waals surface area contributed by atoms with Gasteiger partial charge in [-0.25, -0.2) is 4.98 Å². The monoisotopic (exact) mass is 495 g/mol. The fraction of sp³-hybridized carbons (Fsp3) is 0.333. The van der Waals surface area contributed by atoms with E-state index >= 15 is 0 Å². The second kappa shape index (κ2) is 11.8. The fourth-order valence-electron chi connectivity index (χ4n) is 4.19. The van der Waals surface area contributed by atoms with Gasteiger partial charge in [-0.1, -0.05) is 53.6 Å². The molecule has 1 atom stereocenters. The molecule has 0 unspecified atom stereocenters. The van der Waals surface area contributed by atoms with E-state index in [0.717, 1.165) is 35.8 Å². The average molecular weight is 496 g/mol. The number of piperazine rings is 1. The Labute approximate surface area is 211 Å². The van der Waals surface area contributed by atoms with E-state index in [0.29, 0.717) is 30.3 Å². The van der Waals surface area contributed by atoms with Gasteiger partial charge in [-0.05, 0) is 48.6 Å². The summed E-state index contributed by atoms with van der Waals surface area (Å²) in [4.78, 5) is 21.7. The first-order valence-electron chi connectivity index (χ1n) is 11.5. The van der Waals surface area contributed by atoms with Gasteiger partial charge in [-0.2, -0.15) is 0 Å². The van der Waals surface area contributed by atoms with Crippen LogP contribution >= 0.6 is 23.4 Å². The molecule has 2 heterocycles. The lowest BCUT2D eigenvalue weighted by atomic mass is 10.1. The van der Waals surface area contributed by atoms with Crippen molar-refractivity contribution in [3.05, 3.63) is 94.1 Å². The number of hydrogen-bond donors (Lipinski definition) is 0. The number of hydrogen-bond acceptors (Lipinski definition) is 5. The number of ether oxygens (including phenoxy) is 1. The Balaban J connectivity index is 1.39. The highest BCUT2D eigenvalue weighted by Crippen LogP contribution is 2.24. The summed E-state index contributed by atoms with van der Waals surface area (Å²) in [5, 5.41) is 1.50. The number of thioether (sulfide) groups is 1. The molecule has 1 saturated heterocycles. The first kappa shape index (κ1) is 24.7. The zero-order valence-corrected chi connectivity index (χ0v) is 21.2. The summed E-state index contributed by atoms with van der Waals surface area (Å²) in [5.41, 5.74) is 4.18. The van der Waals surface area contributed by atoms with Crippen molar-refractivity contribution in [3.8, 4) is 0 Å². The lowest BCUT2D eigenvalue weighted by Crippen LogP contribution is -2.49. The summed E-state index contributed by atoms with van der Waals surface area (Å²) < 4.78 is 6.41. The second-order valence-corrected chi connectivity index (χ2v) is 9.72. The maximum atomic E-state index is 13.1. The normalized spacial score (nSPS) is 15.3. The minimum Gasteiger partial charge on any atom is -0.368 e. The summed E-state index contributed by atoms with van der Waals surface area (Å²) >= 11 is 7.63. The van der Waals surface area contributed by atoms with Crippen molar-refractivity contribution in [2.75, 3.05) is 39.0 Å². The van der Waals surface area contributed by atoms with Crippen LogP contribution in [0.3, 0.4) is 0 Å². The molecule has 0 radical (unpaired) electrons.